The van der Waals surface area contributed by atoms with E-state index < -0.39 is 0 Å². The molecule has 1 heteroatoms. The van der Waals surface area contributed by atoms with Gasteiger partial charge in [-0.25, -0.2) is 0 Å². The van der Waals surface area contributed by atoms with Gasteiger partial charge in [-0.2, -0.15) is 0 Å². The molecule has 2 saturated carbocycles. The van der Waals surface area contributed by atoms with E-state index in [1.807, 2.05) is 0 Å². The van der Waals surface area contributed by atoms with E-state index in [0.717, 1.165) is 12.1 Å². The molecule has 1 aromatic rings. The molecule has 14 heavy (non-hydrogen) atoms. The summed E-state index contributed by atoms with van der Waals surface area (Å²) in [5.74, 6) is 0. The molecule has 74 valence electrons. The van der Waals surface area contributed by atoms with Crippen molar-refractivity contribution in [2.24, 2.45) is 0 Å². The first kappa shape index (κ1) is 8.34. The van der Waals surface area contributed by atoms with Gasteiger partial charge in [0.15, 0.2) is 0 Å². The largest absolute Gasteiger partial charge is 0.366 e. The van der Waals surface area contributed by atoms with Crippen LogP contribution in [0.25, 0.3) is 0 Å². The lowest BCUT2D eigenvalue weighted by Gasteiger charge is -2.24. The van der Waals surface area contributed by atoms with Crippen molar-refractivity contribution >= 4 is 5.69 Å². The molecule has 0 N–H and O–H groups in total. The number of rotatable bonds is 3. The first-order chi connectivity index (χ1) is 6.84. The molecular formula is C13H17N. The fourth-order valence-electron chi connectivity index (χ4n) is 2.14. The summed E-state index contributed by atoms with van der Waals surface area (Å²) in [6.45, 7) is 2.16. The molecule has 2 fully saturated rings. The van der Waals surface area contributed by atoms with Crippen LogP contribution in [-0.4, -0.2) is 12.1 Å². The lowest BCUT2D eigenvalue weighted by Crippen LogP contribution is -2.27. The van der Waals surface area contributed by atoms with E-state index in [-0.39, 0.29) is 0 Å². The first-order valence-electron chi connectivity index (χ1n) is 5.69. The quantitative estimate of drug-likeness (QED) is 0.702. The van der Waals surface area contributed by atoms with E-state index in [4.69, 9.17) is 0 Å². The van der Waals surface area contributed by atoms with Crippen LogP contribution < -0.4 is 4.90 Å². The Morgan fingerprint density at radius 3 is 1.86 bits per heavy atom. The SMILES string of the molecule is Cc1ccc(N(C2CC2)C2CC2)cc1. The maximum Gasteiger partial charge on any atom is 0.0371 e. The molecule has 2 aliphatic rings. The van der Waals surface area contributed by atoms with Crippen LogP contribution in [0.1, 0.15) is 31.2 Å². The third-order valence-corrected chi connectivity index (χ3v) is 3.21. The molecule has 3 rings (SSSR count). The highest BCUT2D eigenvalue weighted by atomic mass is 15.2. The summed E-state index contributed by atoms with van der Waals surface area (Å²) in [4.78, 5) is 2.65. The van der Waals surface area contributed by atoms with Crippen LogP contribution >= 0.6 is 0 Å². The van der Waals surface area contributed by atoms with Gasteiger partial charge in [0.2, 0.25) is 0 Å². The van der Waals surface area contributed by atoms with E-state index in [2.05, 4.69) is 36.1 Å². The smallest absolute Gasteiger partial charge is 0.0371 e. The van der Waals surface area contributed by atoms with Gasteiger partial charge in [-0.05, 0) is 44.7 Å². The third kappa shape index (κ3) is 1.52. The lowest BCUT2D eigenvalue weighted by atomic mass is 10.2. The second kappa shape index (κ2) is 3.01. The minimum absolute atomic E-state index is 0.866. The number of hydrogen-bond donors (Lipinski definition) is 0. The Balaban J connectivity index is 1.86. The van der Waals surface area contributed by atoms with E-state index in [9.17, 15) is 0 Å². The van der Waals surface area contributed by atoms with Crippen LogP contribution in [-0.2, 0) is 0 Å². The summed E-state index contributed by atoms with van der Waals surface area (Å²) in [6, 6.07) is 10.8. The van der Waals surface area contributed by atoms with Crippen LogP contribution in [0.3, 0.4) is 0 Å². The minimum atomic E-state index is 0.866. The van der Waals surface area contributed by atoms with Gasteiger partial charge in [-0.15, -0.1) is 0 Å². The van der Waals surface area contributed by atoms with Crippen molar-refractivity contribution in [1.82, 2.24) is 0 Å². The Labute approximate surface area is 85.7 Å². The number of nitrogens with zero attached hydrogens (tertiary/aromatic N) is 1. The maximum atomic E-state index is 2.65. The maximum absolute atomic E-state index is 2.65. The molecule has 0 unspecified atom stereocenters. The molecule has 0 saturated heterocycles. The van der Waals surface area contributed by atoms with Crippen LogP contribution in [0.4, 0.5) is 5.69 Å². The minimum Gasteiger partial charge on any atom is -0.366 e. The predicted octanol–water partition coefficient (Wildman–Crippen LogP) is 3.13. The summed E-state index contributed by atoms with van der Waals surface area (Å²) < 4.78 is 0. The highest BCUT2D eigenvalue weighted by Crippen LogP contribution is 2.40. The summed E-state index contributed by atoms with van der Waals surface area (Å²) >= 11 is 0. The van der Waals surface area contributed by atoms with Crippen molar-refractivity contribution in [2.75, 3.05) is 4.90 Å². The Morgan fingerprint density at radius 1 is 0.929 bits per heavy atom. The lowest BCUT2D eigenvalue weighted by molar-refractivity contribution is 0.789. The molecular weight excluding hydrogens is 170 g/mol. The van der Waals surface area contributed by atoms with Crippen molar-refractivity contribution in [3.63, 3.8) is 0 Å². The van der Waals surface area contributed by atoms with Gasteiger partial charge < -0.3 is 4.90 Å². The van der Waals surface area contributed by atoms with Gasteiger partial charge in [-0.3, -0.25) is 0 Å². The second-order valence-corrected chi connectivity index (χ2v) is 4.71. The van der Waals surface area contributed by atoms with Crippen LogP contribution in [0.2, 0.25) is 0 Å². The van der Waals surface area contributed by atoms with Gasteiger partial charge in [0.25, 0.3) is 0 Å². The second-order valence-electron chi connectivity index (χ2n) is 4.71. The first-order valence-corrected chi connectivity index (χ1v) is 5.69. The zero-order chi connectivity index (χ0) is 9.54. The number of benzene rings is 1. The normalized spacial score (nSPS) is 20.9. The molecule has 0 heterocycles. The molecule has 1 aromatic carbocycles. The molecule has 0 aliphatic heterocycles. The molecule has 0 atom stereocenters. The average molecular weight is 187 g/mol. The van der Waals surface area contributed by atoms with Crippen LogP contribution in [0, 0.1) is 6.92 Å². The van der Waals surface area contributed by atoms with E-state index in [1.54, 1.807) is 0 Å². The summed E-state index contributed by atoms with van der Waals surface area (Å²) in [5.41, 5.74) is 2.81. The van der Waals surface area contributed by atoms with E-state index in [0.29, 0.717) is 0 Å². The van der Waals surface area contributed by atoms with Crippen molar-refractivity contribution in [2.45, 2.75) is 44.7 Å². The highest BCUT2D eigenvalue weighted by molar-refractivity contribution is 5.51. The summed E-state index contributed by atoms with van der Waals surface area (Å²) in [6.07, 6.45) is 5.63. The molecule has 0 bridgehead atoms. The molecule has 0 amide bonds. The third-order valence-electron chi connectivity index (χ3n) is 3.21. The van der Waals surface area contributed by atoms with Crippen LogP contribution in [0.5, 0.6) is 0 Å². The van der Waals surface area contributed by atoms with Gasteiger partial charge >= 0.3 is 0 Å². The van der Waals surface area contributed by atoms with Gasteiger partial charge in [0.1, 0.15) is 0 Å². The fourth-order valence-corrected chi connectivity index (χ4v) is 2.14. The molecule has 2 aliphatic carbocycles. The summed E-state index contributed by atoms with van der Waals surface area (Å²) in [7, 11) is 0. The average Bonchev–Trinajstić information content (AvgIpc) is 3.00. The standard InChI is InChI=1S/C13H17N/c1-10-2-4-11(5-3-10)14(12-6-7-12)13-8-9-13/h2-5,12-13H,6-9H2,1H3. The predicted molar refractivity (Wildman–Crippen MR) is 59.7 cm³/mol. The topological polar surface area (TPSA) is 3.24 Å². The van der Waals surface area contributed by atoms with E-state index >= 15 is 0 Å². The van der Waals surface area contributed by atoms with Crippen molar-refractivity contribution in [1.29, 1.82) is 0 Å². The Hall–Kier alpha value is -0.980. The Bertz CT molecular complexity index is 308. The van der Waals surface area contributed by atoms with E-state index in [1.165, 1.54) is 36.9 Å². The number of anilines is 1. The van der Waals surface area contributed by atoms with Gasteiger partial charge in [0, 0.05) is 17.8 Å². The number of aryl methyl sites for hydroxylation is 1. The van der Waals surface area contributed by atoms with Gasteiger partial charge in [-0.1, -0.05) is 17.7 Å². The zero-order valence-electron chi connectivity index (χ0n) is 8.74. The highest BCUT2D eigenvalue weighted by Gasteiger charge is 2.38. The van der Waals surface area contributed by atoms with Gasteiger partial charge in [0.05, 0.1) is 0 Å². The molecule has 0 spiro atoms. The molecule has 0 aromatic heterocycles. The zero-order valence-corrected chi connectivity index (χ0v) is 8.74. The Morgan fingerprint density at radius 2 is 1.43 bits per heavy atom. The van der Waals surface area contributed by atoms with Crippen molar-refractivity contribution in [3.8, 4) is 0 Å². The Kier molecular flexibility index (Phi) is 1.79. The number of hydrogen-bond acceptors (Lipinski definition) is 1. The fraction of sp³-hybridized carbons (Fsp3) is 0.538. The van der Waals surface area contributed by atoms with Crippen molar-refractivity contribution in [3.05, 3.63) is 29.8 Å². The summed E-state index contributed by atoms with van der Waals surface area (Å²) in [5, 5.41) is 0. The monoisotopic (exact) mass is 187 g/mol. The van der Waals surface area contributed by atoms with Crippen LogP contribution in [0.15, 0.2) is 24.3 Å². The van der Waals surface area contributed by atoms with Crippen molar-refractivity contribution < 1.29 is 0 Å². The molecule has 1 nitrogen and oxygen atoms in total. The molecule has 0 radical (unpaired) electrons.